The molecule has 1 amide bonds. The number of carbonyl (C=O) groups excluding carboxylic acids is 1. The Balaban J connectivity index is 1.60. The molecule has 0 saturated carbocycles. The number of pyridine rings is 1. The molecule has 1 fully saturated rings. The molecule has 0 bridgehead atoms. The summed E-state index contributed by atoms with van der Waals surface area (Å²) in [5.74, 6) is -0.372. The standard InChI is InChI=1S/C25H24Cl2FN3O4S/c1-30-14-19(24(32)31-11-9-16(10-12-31)15-3-5-17(28)6-4-15)23(22(27)25(30)33)29-18-7-8-21(20(26)13-18)36(2,34)35/h3-8,13-14,16,29H,9-12H2,1-2H3. The van der Waals surface area contributed by atoms with Crippen LogP contribution < -0.4 is 10.9 Å². The number of hydrogen-bond donors (Lipinski definition) is 1. The molecule has 0 aliphatic carbocycles. The molecule has 11 heteroatoms. The SMILES string of the molecule is Cn1cc(C(=O)N2CCC(c3ccc(F)cc3)CC2)c(Nc2ccc(S(C)(=O)=O)c(Cl)c2)c(Cl)c1=O. The number of anilines is 2. The van der Waals surface area contributed by atoms with Crippen molar-refractivity contribution < 1.29 is 17.6 Å². The van der Waals surface area contributed by atoms with E-state index in [2.05, 4.69) is 5.32 Å². The van der Waals surface area contributed by atoms with Crippen LogP contribution in [0.4, 0.5) is 15.8 Å². The van der Waals surface area contributed by atoms with Crippen LogP contribution in [0.1, 0.15) is 34.7 Å². The molecule has 2 heterocycles. The molecule has 0 unspecified atom stereocenters. The number of aryl methyl sites for hydroxylation is 1. The van der Waals surface area contributed by atoms with Gasteiger partial charge in [0.05, 0.1) is 21.2 Å². The lowest BCUT2D eigenvalue weighted by molar-refractivity contribution is 0.0713. The van der Waals surface area contributed by atoms with Crippen LogP contribution in [0.2, 0.25) is 10.0 Å². The van der Waals surface area contributed by atoms with Gasteiger partial charge in [0.15, 0.2) is 9.84 Å². The van der Waals surface area contributed by atoms with E-state index < -0.39 is 15.4 Å². The first-order valence-electron chi connectivity index (χ1n) is 11.2. The predicted octanol–water partition coefficient (Wildman–Crippen LogP) is 5.00. The van der Waals surface area contributed by atoms with Crippen molar-refractivity contribution in [3.63, 3.8) is 0 Å². The van der Waals surface area contributed by atoms with Crippen LogP contribution in [0, 0.1) is 5.82 Å². The van der Waals surface area contributed by atoms with Crippen LogP contribution in [0.25, 0.3) is 0 Å². The number of halogens is 3. The third kappa shape index (κ3) is 5.43. The Labute approximate surface area is 218 Å². The molecule has 1 saturated heterocycles. The van der Waals surface area contributed by atoms with Gasteiger partial charge < -0.3 is 14.8 Å². The molecule has 4 rings (SSSR count). The van der Waals surface area contributed by atoms with Crippen molar-refractivity contribution in [2.75, 3.05) is 24.7 Å². The highest BCUT2D eigenvalue weighted by atomic mass is 35.5. The number of likely N-dealkylation sites (tertiary alicyclic amines) is 1. The molecule has 1 aromatic heterocycles. The minimum absolute atomic E-state index is 0.00167. The smallest absolute Gasteiger partial charge is 0.271 e. The molecule has 2 aromatic carbocycles. The fourth-order valence-electron chi connectivity index (χ4n) is 4.33. The fourth-order valence-corrected chi connectivity index (χ4v) is 5.94. The minimum Gasteiger partial charge on any atom is -0.353 e. The van der Waals surface area contributed by atoms with E-state index in [0.717, 1.165) is 11.8 Å². The average molecular weight is 552 g/mol. The predicted molar refractivity (Wildman–Crippen MR) is 139 cm³/mol. The maximum absolute atomic E-state index is 13.5. The molecule has 3 aromatic rings. The Morgan fingerprint density at radius 2 is 1.72 bits per heavy atom. The van der Waals surface area contributed by atoms with Crippen molar-refractivity contribution in [3.05, 3.63) is 86.0 Å². The quantitative estimate of drug-likeness (QED) is 0.482. The van der Waals surface area contributed by atoms with E-state index >= 15 is 0 Å². The second-order valence-electron chi connectivity index (χ2n) is 8.81. The minimum atomic E-state index is -3.53. The first kappa shape index (κ1) is 26.2. The lowest BCUT2D eigenvalue weighted by Crippen LogP contribution is -2.39. The highest BCUT2D eigenvalue weighted by molar-refractivity contribution is 7.90. The number of amides is 1. The molecule has 1 aliphatic heterocycles. The number of sulfone groups is 1. The molecule has 1 aliphatic rings. The summed E-state index contributed by atoms with van der Waals surface area (Å²) in [4.78, 5) is 27.7. The van der Waals surface area contributed by atoms with E-state index in [1.165, 1.54) is 48.1 Å². The average Bonchev–Trinajstić information content (AvgIpc) is 2.83. The summed E-state index contributed by atoms with van der Waals surface area (Å²) in [7, 11) is -2.02. The monoisotopic (exact) mass is 551 g/mol. The van der Waals surface area contributed by atoms with Gasteiger partial charge in [0.2, 0.25) is 0 Å². The van der Waals surface area contributed by atoms with Crippen LogP contribution >= 0.6 is 23.2 Å². The zero-order valence-corrected chi connectivity index (χ0v) is 21.9. The van der Waals surface area contributed by atoms with E-state index in [1.54, 1.807) is 17.0 Å². The number of carbonyl (C=O) groups is 1. The van der Waals surface area contributed by atoms with Crippen LogP contribution in [0.15, 0.2) is 58.4 Å². The number of aromatic nitrogens is 1. The molecule has 0 spiro atoms. The summed E-state index contributed by atoms with van der Waals surface area (Å²) in [6.45, 7) is 0.964. The Morgan fingerprint density at radius 3 is 2.31 bits per heavy atom. The zero-order valence-electron chi connectivity index (χ0n) is 19.6. The summed E-state index contributed by atoms with van der Waals surface area (Å²) in [6.07, 6.45) is 3.90. The van der Waals surface area contributed by atoms with Crippen molar-refractivity contribution in [3.8, 4) is 0 Å². The number of rotatable bonds is 5. The molecule has 1 N–H and O–H groups in total. The van der Waals surface area contributed by atoms with Gasteiger partial charge in [-0.3, -0.25) is 9.59 Å². The van der Waals surface area contributed by atoms with E-state index in [-0.39, 0.29) is 43.8 Å². The van der Waals surface area contributed by atoms with Crippen LogP contribution in [-0.4, -0.2) is 43.1 Å². The van der Waals surface area contributed by atoms with Crippen molar-refractivity contribution >= 4 is 50.3 Å². The highest BCUT2D eigenvalue weighted by Crippen LogP contribution is 2.33. The summed E-state index contributed by atoms with van der Waals surface area (Å²) in [5.41, 5.74) is 1.22. The maximum Gasteiger partial charge on any atom is 0.271 e. The number of benzene rings is 2. The van der Waals surface area contributed by atoms with Crippen molar-refractivity contribution in [1.82, 2.24) is 9.47 Å². The normalized spacial score (nSPS) is 14.6. The van der Waals surface area contributed by atoms with Gasteiger partial charge in [-0.2, -0.15) is 0 Å². The number of nitrogens with one attached hydrogen (secondary N) is 1. The summed E-state index contributed by atoms with van der Waals surface area (Å²) in [5, 5.41) is 2.81. The third-order valence-electron chi connectivity index (χ3n) is 6.27. The molecule has 7 nitrogen and oxygen atoms in total. The van der Waals surface area contributed by atoms with Gasteiger partial charge in [0, 0.05) is 38.3 Å². The first-order chi connectivity index (χ1) is 17.0. The van der Waals surface area contributed by atoms with E-state index in [1.807, 2.05) is 0 Å². The van der Waals surface area contributed by atoms with Gasteiger partial charge in [-0.25, -0.2) is 12.8 Å². The Hall–Kier alpha value is -2.88. The second-order valence-corrected chi connectivity index (χ2v) is 11.6. The summed E-state index contributed by atoms with van der Waals surface area (Å²) < 4.78 is 38.2. The Morgan fingerprint density at radius 1 is 1.08 bits per heavy atom. The van der Waals surface area contributed by atoms with Crippen LogP contribution in [0.3, 0.4) is 0 Å². The highest BCUT2D eigenvalue weighted by Gasteiger charge is 2.28. The van der Waals surface area contributed by atoms with Crippen LogP contribution in [0.5, 0.6) is 0 Å². The lowest BCUT2D eigenvalue weighted by Gasteiger charge is -2.33. The molecule has 0 atom stereocenters. The lowest BCUT2D eigenvalue weighted by atomic mass is 9.89. The van der Waals surface area contributed by atoms with Gasteiger partial charge in [-0.05, 0) is 54.7 Å². The third-order valence-corrected chi connectivity index (χ3v) is 8.20. The maximum atomic E-state index is 13.5. The van der Waals surface area contributed by atoms with Gasteiger partial charge in [0.1, 0.15) is 10.8 Å². The van der Waals surface area contributed by atoms with Crippen molar-refractivity contribution in [1.29, 1.82) is 0 Å². The first-order valence-corrected chi connectivity index (χ1v) is 13.8. The molecular formula is C25H24Cl2FN3O4S. The zero-order chi connectivity index (χ0) is 26.2. The van der Waals surface area contributed by atoms with Crippen molar-refractivity contribution in [2.24, 2.45) is 7.05 Å². The topological polar surface area (TPSA) is 88.5 Å². The second kappa shape index (κ2) is 10.2. The van der Waals surface area contributed by atoms with E-state index in [4.69, 9.17) is 23.2 Å². The molecule has 190 valence electrons. The van der Waals surface area contributed by atoms with Crippen LogP contribution in [-0.2, 0) is 16.9 Å². The van der Waals surface area contributed by atoms with E-state index in [9.17, 15) is 22.4 Å². The number of piperidine rings is 1. The van der Waals surface area contributed by atoms with Gasteiger partial charge in [-0.1, -0.05) is 35.3 Å². The molecule has 0 radical (unpaired) electrons. The molecule has 36 heavy (non-hydrogen) atoms. The van der Waals surface area contributed by atoms with Gasteiger partial charge in [0.25, 0.3) is 11.5 Å². The van der Waals surface area contributed by atoms with Gasteiger partial charge >= 0.3 is 0 Å². The Kier molecular flexibility index (Phi) is 7.45. The Bertz CT molecular complexity index is 1480. The number of hydrogen-bond acceptors (Lipinski definition) is 5. The van der Waals surface area contributed by atoms with E-state index in [0.29, 0.717) is 31.6 Å². The number of nitrogens with zero attached hydrogens (tertiary/aromatic N) is 2. The van der Waals surface area contributed by atoms with Gasteiger partial charge in [-0.15, -0.1) is 0 Å². The molecular weight excluding hydrogens is 528 g/mol. The summed E-state index contributed by atoms with van der Waals surface area (Å²) >= 11 is 12.5. The van der Waals surface area contributed by atoms with Crippen molar-refractivity contribution in [2.45, 2.75) is 23.7 Å². The fraction of sp³-hybridized carbons (Fsp3) is 0.280. The largest absolute Gasteiger partial charge is 0.353 e. The summed E-state index contributed by atoms with van der Waals surface area (Å²) in [6, 6.07) is 10.6.